The molecule has 5 heteroatoms. The zero-order chi connectivity index (χ0) is 11.6. The Morgan fingerprint density at radius 2 is 1.94 bits per heavy atom. The van der Waals surface area contributed by atoms with Crippen molar-refractivity contribution in [2.75, 3.05) is 45.8 Å². The summed E-state index contributed by atoms with van der Waals surface area (Å²) in [6.07, 6.45) is 0.270. The van der Waals surface area contributed by atoms with Gasteiger partial charge in [0.25, 0.3) is 0 Å². The Bertz CT molecular complexity index is 258. The number of likely N-dealkylation sites (N-methyl/N-ethyl adjacent to an activating group) is 1. The van der Waals surface area contributed by atoms with Crippen LogP contribution in [0.4, 0.5) is 0 Å². The second-order valence-electron chi connectivity index (χ2n) is 4.82. The van der Waals surface area contributed by atoms with Gasteiger partial charge >= 0.3 is 0 Å². The Hall–Kier alpha value is -0.650. The van der Waals surface area contributed by atoms with Crippen LogP contribution in [0, 0.1) is 0 Å². The average Bonchev–Trinajstić information content (AvgIpc) is 2.27. The zero-order valence-electron chi connectivity index (χ0n) is 9.91. The van der Waals surface area contributed by atoms with Gasteiger partial charge in [0.2, 0.25) is 5.91 Å². The van der Waals surface area contributed by atoms with E-state index in [-0.39, 0.29) is 12.3 Å². The molecule has 1 amide bonds. The lowest BCUT2D eigenvalue weighted by Gasteiger charge is -2.40. The number of carbonyl (C=O) groups is 1. The fourth-order valence-electron chi connectivity index (χ4n) is 2.25. The van der Waals surface area contributed by atoms with Crippen molar-refractivity contribution >= 4 is 5.91 Å². The second-order valence-corrected chi connectivity index (χ2v) is 4.82. The van der Waals surface area contributed by atoms with Crippen molar-refractivity contribution in [1.29, 1.82) is 0 Å². The first kappa shape index (κ1) is 11.8. The predicted molar refractivity (Wildman–Crippen MR) is 61.1 cm³/mol. The molecule has 2 saturated heterocycles. The molecule has 2 N–H and O–H groups in total. The van der Waals surface area contributed by atoms with E-state index in [1.165, 1.54) is 0 Å². The molecule has 92 valence electrons. The molecule has 0 unspecified atom stereocenters. The first-order chi connectivity index (χ1) is 7.63. The third-order valence-electron chi connectivity index (χ3n) is 3.56. The molecule has 0 aromatic heterocycles. The SMILES string of the molecule is CCN1CCN(C(=O)CC2(O)CNC2)CC1. The summed E-state index contributed by atoms with van der Waals surface area (Å²) < 4.78 is 0. The van der Waals surface area contributed by atoms with E-state index < -0.39 is 5.60 Å². The molecule has 0 bridgehead atoms. The summed E-state index contributed by atoms with van der Waals surface area (Å²) >= 11 is 0. The summed E-state index contributed by atoms with van der Waals surface area (Å²) in [5.41, 5.74) is -0.779. The number of hydrogen-bond acceptors (Lipinski definition) is 4. The highest BCUT2D eigenvalue weighted by atomic mass is 16.3. The lowest BCUT2D eigenvalue weighted by atomic mass is 9.92. The van der Waals surface area contributed by atoms with E-state index in [2.05, 4.69) is 17.1 Å². The van der Waals surface area contributed by atoms with Gasteiger partial charge in [0.15, 0.2) is 0 Å². The molecule has 0 aliphatic carbocycles. The molecule has 2 fully saturated rings. The van der Waals surface area contributed by atoms with Crippen LogP contribution in [0.3, 0.4) is 0 Å². The molecule has 0 spiro atoms. The van der Waals surface area contributed by atoms with Crippen LogP contribution in [0.1, 0.15) is 13.3 Å². The first-order valence-electron chi connectivity index (χ1n) is 6.06. The minimum Gasteiger partial charge on any atom is -0.387 e. The van der Waals surface area contributed by atoms with Gasteiger partial charge in [-0.3, -0.25) is 4.79 Å². The normalized spacial score (nSPS) is 25.2. The van der Waals surface area contributed by atoms with E-state index in [4.69, 9.17) is 0 Å². The van der Waals surface area contributed by atoms with Crippen LogP contribution in [-0.2, 0) is 4.79 Å². The number of aliphatic hydroxyl groups is 1. The number of nitrogens with one attached hydrogen (secondary N) is 1. The Balaban J connectivity index is 1.78. The fourth-order valence-corrected chi connectivity index (χ4v) is 2.25. The van der Waals surface area contributed by atoms with E-state index in [0.717, 1.165) is 32.7 Å². The summed E-state index contributed by atoms with van der Waals surface area (Å²) in [4.78, 5) is 16.1. The maximum Gasteiger partial charge on any atom is 0.225 e. The number of nitrogens with zero attached hydrogens (tertiary/aromatic N) is 2. The highest BCUT2D eigenvalue weighted by molar-refractivity contribution is 5.77. The monoisotopic (exact) mass is 227 g/mol. The number of β-amino-alcohol motifs (C(OH)–C–C–N with tert-alkyl or cyclic N) is 1. The van der Waals surface area contributed by atoms with Gasteiger partial charge in [-0.15, -0.1) is 0 Å². The van der Waals surface area contributed by atoms with Crippen molar-refractivity contribution in [3.8, 4) is 0 Å². The Labute approximate surface area is 96.4 Å². The molecule has 0 atom stereocenters. The van der Waals surface area contributed by atoms with Crippen molar-refractivity contribution in [3.05, 3.63) is 0 Å². The Morgan fingerprint density at radius 3 is 2.38 bits per heavy atom. The van der Waals surface area contributed by atoms with Gasteiger partial charge in [0.1, 0.15) is 0 Å². The fraction of sp³-hybridized carbons (Fsp3) is 0.909. The van der Waals surface area contributed by atoms with Crippen molar-refractivity contribution in [3.63, 3.8) is 0 Å². The highest BCUT2D eigenvalue weighted by Crippen LogP contribution is 2.17. The van der Waals surface area contributed by atoms with E-state index in [1.54, 1.807) is 0 Å². The van der Waals surface area contributed by atoms with Crippen LogP contribution < -0.4 is 5.32 Å². The zero-order valence-corrected chi connectivity index (χ0v) is 9.91. The van der Waals surface area contributed by atoms with Gasteiger partial charge in [-0.1, -0.05) is 6.92 Å². The molecule has 2 aliphatic rings. The van der Waals surface area contributed by atoms with Crippen LogP contribution >= 0.6 is 0 Å². The summed E-state index contributed by atoms with van der Waals surface area (Å²) in [7, 11) is 0. The maximum absolute atomic E-state index is 11.9. The quantitative estimate of drug-likeness (QED) is 0.641. The van der Waals surface area contributed by atoms with Crippen molar-refractivity contribution in [2.45, 2.75) is 18.9 Å². The summed E-state index contributed by atoms with van der Waals surface area (Å²) in [6, 6.07) is 0. The maximum atomic E-state index is 11.9. The standard InChI is InChI=1S/C11H21N3O2/c1-2-13-3-5-14(6-4-13)10(15)7-11(16)8-12-9-11/h12,16H,2-9H2,1H3. The number of rotatable bonds is 3. The van der Waals surface area contributed by atoms with Crippen LogP contribution in [0.25, 0.3) is 0 Å². The second kappa shape index (κ2) is 4.69. The van der Waals surface area contributed by atoms with Crippen LogP contribution in [0.15, 0.2) is 0 Å². The van der Waals surface area contributed by atoms with Crippen molar-refractivity contribution in [2.24, 2.45) is 0 Å². The molecule has 2 aliphatic heterocycles. The molecule has 2 heterocycles. The van der Waals surface area contributed by atoms with E-state index in [1.807, 2.05) is 4.90 Å². The first-order valence-corrected chi connectivity index (χ1v) is 6.06. The topological polar surface area (TPSA) is 55.8 Å². The lowest BCUT2D eigenvalue weighted by molar-refractivity contribution is -0.140. The smallest absolute Gasteiger partial charge is 0.225 e. The molecule has 0 saturated carbocycles. The molecule has 0 radical (unpaired) electrons. The third-order valence-corrected chi connectivity index (χ3v) is 3.56. The third kappa shape index (κ3) is 2.53. The van der Waals surface area contributed by atoms with Gasteiger partial charge < -0.3 is 20.2 Å². The van der Waals surface area contributed by atoms with Gasteiger partial charge in [-0.05, 0) is 6.54 Å². The Kier molecular flexibility index (Phi) is 3.47. The van der Waals surface area contributed by atoms with Crippen molar-refractivity contribution in [1.82, 2.24) is 15.1 Å². The Morgan fingerprint density at radius 1 is 1.31 bits per heavy atom. The largest absolute Gasteiger partial charge is 0.387 e. The van der Waals surface area contributed by atoms with E-state index in [0.29, 0.717) is 13.1 Å². The molecule has 0 aromatic rings. The average molecular weight is 227 g/mol. The van der Waals surface area contributed by atoms with E-state index in [9.17, 15) is 9.90 Å². The van der Waals surface area contributed by atoms with Gasteiger partial charge in [0, 0.05) is 39.3 Å². The van der Waals surface area contributed by atoms with Crippen molar-refractivity contribution < 1.29 is 9.90 Å². The van der Waals surface area contributed by atoms with Crippen LogP contribution in [0.5, 0.6) is 0 Å². The van der Waals surface area contributed by atoms with Crippen LogP contribution in [-0.4, -0.2) is 72.2 Å². The van der Waals surface area contributed by atoms with E-state index >= 15 is 0 Å². The minimum absolute atomic E-state index is 0.0970. The molecule has 16 heavy (non-hydrogen) atoms. The summed E-state index contributed by atoms with van der Waals surface area (Å²) in [5.74, 6) is 0.0970. The minimum atomic E-state index is -0.779. The number of hydrogen-bond donors (Lipinski definition) is 2. The summed E-state index contributed by atoms with van der Waals surface area (Å²) in [5, 5.41) is 12.9. The van der Waals surface area contributed by atoms with Gasteiger partial charge in [0.05, 0.1) is 12.0 Å². The van der Waals surface area contributed by atoms with Gasteiger partial charge in [-0.25, -0.2) is 0 Å². The van der Waals surface area contributed by atoms with Crippen LogP contribution in [0.2, 0.25) is 0 Å². The predicted octanol–water partition coefficient (Wildman–Crippen LogP) is -1.13. The molecular formula is C11H21N3O2. The number of amides is 1. The molecular weight excluding hydrogens is 206 g/mol. The molecule has 5 nitrogen and oxygen atoms in total. The summed E-state index contributed by atoms with van der Waals surface area (Å²) in [6.45, 7) is 7.81. The highest BCUT2D eigenvalue weighted by Gasteiger charge is 2.38. The molecule has 2 rings (SSSR count). The van der Waals surface area contributed by atoms with Gasteiger partial charge in [-0.2, -0.15) is 0 Å². The lowest BCUT2D eigenvalue weighted by Crippen LogP contribution is -2.62. The molecule has 0 aromatic carbocycles. The number of carbonyl (C=O) groups excluding carboxylic acids is 1. The number of piperazine rings is 1.